The number of nitrogens with one attached hydrogen (secondary N) is 1. The van der Waals surface area contributed by atoms with Crippen LogP contribution in [-0.2, 0) is 4.79 Å². The van der Waals surface area contributed by atoms with Crippen molar-refractivity contribution in [1.29, 1.82) is 0 Å². The highest BCUT2D eigenvalue weighted by molar-refractivity contribution is 5.94. The third kappa shape index (κ3) is 3.98. The van der Waals surface area contributed by atoms with Crippen LogP contribution >= 0.6 is 0 Å². The van der Waals surface area contributed by atoms with Gasteiger partial charge in [0.2, 0.25) is 5.91 Å². The highest BCUT2D eigenvalue weighted by Crippen LogP contribution is 2.33. The van der Waals surface area contributed by atoms with Crippen LogP contribution in [0.5, 0.6) is 0 Å². The Labute approximate surface area is 165 Å². The van der Waals surface area contributed by atoms with Gasteiger partial charge in [-0.05, 0) is 36.8 Å². The normalized spacial score (nSPS) is 25.4. The topological polar surface area (TPSA) is 73.0 Å². The van der Waals surface area contributed by atoms with E-state index in [4.69, 9.17) is 0 Å². The molecule has 3 heterocycles. The molecule has 3 saturated heterocycles. The number of piperidine rings is 1. The van der Waals surface area contributed by atoms with Crippen LogP contribution in [0, 0.1) is 11.8 Å². The van der Waals surface area contributed by atoms with Crippen molar-refractivity contribution in [2.45, 2.75) is 19.3 Å². The van der Waals surface area contributed by atoms with E-state index in [9.17, 15) is 14.4 Å². The summed E-state index contributed by atoms with van der Waals surface area (Å²) in [6.07, 6.45) is 2.36. The van der Waals surface area contributed by atoms with Crippen LogP contribution in [0.15, 0.2) is 30.3 Å². The molecule has 1 aromatic rings. The molecule has 0 radical (unpaired) electrons. The molecule has 150 valence electrons. The maximum atomic E-state index is 12.8. The molecule has 2 atom stereocenters. The largest absolute Gasteiger partial charge is 0.341 e. The van der Waals surface area contributed by atoms with Crippen LogP contribution in [-0.4, -0.2) is 78.4 Å². The van der Waals surface area contributed by atoms with Crippen LogP contribution in [0.1, 0.15) is 29.6 Å². The number of carbonyl (C=O) groups excluding carboxylic acids is 3. The Hall–Kier alpha value is -2.57. The first kappa shape index (κ1) is 18.8. The van der Waals surface area contributed by atoms with E-state index in [-0.39, 0.29) is 17.8 Å². The van der Waals surface area contributed by atoms with Gasteiger partial charge < -0.3 is 20.0 Å². The Morgan fingerprint density at radius 3 is 2.46 bits per heavy atom. The molecule has 0 aliphatic carbocycles. The molecule has 0 aromatic heterocycles. The molecule has 1 aromatic carbocycles. The maximum Gasteiger partial charge on any atom is 0.317 e. The Morgan fingerprint density at radius 1 is 0.964 bits per heavy atom. The summed E-state index contributed by atoms with van der Waals surface area (Å²) in [7, 11) is 0. The maximum absolute atomic E-state index is 12.8. The highest BCUT2D eigenvalue weighted by Gasteiger charge is 2.36. The van der Waals surface area contributed by atoms with Gasteiger partial charge in [0.1, 0.15) is 0 Å². The fourth-order valence-electron chi connectivity index (χ4n) is 4.63. The number of urea groups is 1. The van der Waals surface area contributed by atoms with E-state index in [0.29, 0.717) is 51.0 Å². The number of nitrogens with zero attached hydrogens (tertiary/aromatic N) is 3. The molecule has 7 heteroatoms. The minimum absolute atomic E-state index is 0.0361. The van der Waals surface area contributed by atoms with Crippen LogP contribution in [0.3, 0.4) is 0 Å². The van der Waals surface area contributed by atoms with Crippen molar-refractivity contribution in [3.63, 3.8) is 0 Å². The van der Waals surface area contributed by atoms with E-state index >= 15 is 0 Å². The average molecular weight is 384 g/mol. The summed E-state index contributed by atoms with van der Waals surface area (Å²) in [4.78, 5) is 42.8. The number of fused-ring (bicyclic) bond motifs is 1. The van der Waals surface area contributed by atoms with Gasteiger partial charge >= 0.3 is 6.03 Å². The number of rotatable bonds is 4. The highest BCUT2D eigenvalue weighted by atomic mass is 16.2. The summed E-state index contributed by atoms with van der Waals surface area (Å²) in [6, 6.07) is 9.39. The molecule has 1 N–H and O–H groups in total. The zero-order chi connectivity index (χ0) is 19.5. The standard InChI is InChI=1S/C21H28N4O3/c26-19-14-17-6-10-25(20(27)16-4-2-1-3-5-16)15-18(17)7-9-23(19)12-13-24-11-8-22-21(24)28/h1-5,17-18H,6-15H2,(H,22,28)/t17-,18+/m1/s1. The first-order chi connectivity index (χ1) is 13.6. The average Bonchev–Trinajstić information content (AvgIpc) is 3.06. The Balaban J connectivity index is 1.34. The second-order valence-corrected chi connectivity index (χ2v) is 8.02. The van der Waals surface area contributed by atoms with E-state index in [2.05, 4.69) is 5.32 Å². The van der Waals surface area contributed by atoms with Gasteiger partial charge in [-0.25, -0.2) is 4.79 Å². The van der Waals surface area contributed by atoms with E-state index in [1.165, 1.54) is 0 Å². The molecule has 7 nitrogen and oxygen atoms in total. The van der Waals surface area contributed by atoms with Crippen LogP contribution in [0.4, 0.5) is 4.79 Å². The summed E-state index contributed by atoms with van der Waals surface area (Å²) < 4.78 is 0. The first-order valence-corrected chi connectivity index (χ1v) is 10.3. The van der Waals surface area contributed by atoms with Crippen molar-refractivity contribution in [3.05, 3.63) is 35.9 Å². The number of likely N-dealkylation sites (tertiary alicyclic amines) is 2. The quantitative estimate of drug-likeness (QED) is 0.853. The first-order valence-electron chi connectivity index (χ1n) is 10.3. The molecule has 0 unspecified atom stereocenters. The fourth-order valence-corrected chi connectivity index (χ4v) is 4.63. The lowest BCUT2D eigenvalue weighted by atomic mass is 9.82. The fraction of sp³-hybridized carbons (Fsp3) is 0.571. The Morgan fingerprint density at radius 2 is 1.71 bits per heavy atom. The second kappa shape index (κ2) is 8.20. The second-order valence-electron chi connectivity index (χ2n) is 8.02. The van der Waals surface area contributed by atoms with E-state index in [1.807, 2.05) is 40.1 Å². The van der Waals surface area contributed by atoms with Gasteiger partial charge in [-0.15, -0.1) is 0 Å². The molecule has 28 heavy (non-hydrogen) atoms. The van der Waals surface area contributed by atoms with Crippen molar-refractivity contribution < 1.29 is 14.4 Å². The monoisotopic (exact) mass is 384 g/mol. The van der Waals surface area contributed by atoms with E-state index < -0.39 is 0 Å². The van der Waals surface area contributed by atoms with Crippen LogP contribution in [0.2, 0.25) is 0 Å². The molecule has 3 fully saturated rings. The molecule has 4 rings (SSSR count). The lowest BCUT2D eigenvalue weighted by Crippen LogP contribution is -2.43. The van der Waals surface area contributed by atoms with Gasteiger partial charge in [-0.2, -0.15) is 0 Å². The van der Waals surface area contributed by atoms with Crippen molar-refractivity contribution in [3.8, 4) is 0 Å². The number of hydrogen-bond acceptors (Lipinski definition) is 3. The lowest BCUT2D eigenvalue weighted by Gasteiger charge is -2.37. The number of hydrogen-bond donors (Lipinski definition) is 1. The third-order valence-electron chi connectivity index (χ3n) is 6.34. The smallest absolute Gasteiger partial charge is 0.317 e. The van der Waals surface area contributed by atoms with Gasteiger partial charge in [0.15, 0.2) is 0 Å². The van der Waals surface area contributed by atoms with E-state index in [0.717, 1.165) is 31.5 Å². The van der Waals surface area contributed by atoms with Gasteiger partial charge in [0, 0.05) is 57.8 Å². The van der Waals surface area contributed by atoms with Crippen molar-refractivity contribution in [2.24, 2.45) is 11.8 Å². The Bertz CT molecular complexity index is 738. The predicted molar refractivity (Wildman–Crippen MR) is 105 cm³/mol. The zero-order valence-electron chi connectivity index (χ0n) is 16.2. The zero-order valence-corrected chi connectivity index (χ0v) is 16.2. The summed E-state index contributed by atoms with van der Waals surface area (Å²) in [5.41, 5.74) is 0.733. The minimum atomic E-state index is -0.0361. The van der Waals surface area contributed by atoms with Crippen LogP contribution in [0.25, 0.3) is 0 Å². The number of carbonyl (C=O) groups is 3. The summed E-state index contributed by atoms with van der Waals surface area (Å²) >= 11 is 0. The van der Waals surface area contributed by atoms with Crippen molar-refractivity contribution in [1.82, 2.24) is 20.0 Å². The van der Waals surface area contributed by atoms with Crippen LogP contribution < -0.4 is 5.32 Å². The molecular weight excluding hydrogens is 356 g/mol. The molecule has 0 saturated carbocycles. The number of amides is 4. The van der Waals surface area contributed by atoms with E-state index in [1.54, 1.807) is 4.90 Å². The summed E-state index contributed by atoms with van der Waals surface area (Å²) in [5.74, 6) is 0.999. The molecule has 0 bridgehead atoms. The molecular formula is C21H28N4O3. The van der Waals surface area contributed by atoms with Gasteiger partial charge in [0.05, 0.1) is 0 Å². The molecule has 3 aliphatic heterocycles. The summed E-state index contributed by atoms with van der Waals surface area (Å²) in [5, 5.41) is 2.80. The predicted octanol–water partition coefficient (Wildman–Crippen LogP) is 1.41. The SMILES string of the molecule is O=C1C[C@H]2CCN(C(=O)c3ccccc3)C[C@@H]2CCN1CCN1CCNC1=O. The lowest BCUT2D eigenvalue weighted by molar-refractivity contribution is -0.131. The minimum Gasteiger partial charge on any atom is -0.341 e. The number of benzene rings is 1. The van der Waals surface area contributed by atoms with Gasteiger partial charge in [0.25, 0.3) is 5.91 Å². The Kier molecular flexibility index (Phi) is 5.50. The molecule has 0 spiro atoms. The van der Waals surface area contributed by atoms with Gasteiger partial charge in [-0.3, -0.25) is 9.59 Å². The van der Waals surface area contributed by atoms with Crippen molar-refractivity contribution >= 4 is 17.8 Å². The molecule has 3 aliphatic rings. The third-order valence-corrected chi connectivity index (χ3v) is 6.34. The molecule has 4 amide bonds. The van der Waals surface area contributed by atoms with Crippen molar-refractivity contribution in [2.75, 3.05) is 45.8 Å². The van der Waals surface area contributed by atoms with Gasteiger partial charge in [-0.1, -0.05) is 18.2 Å². The summed E-state index contributed by atoms with van der Waals surface area (Å²) in [6.45, 7) is 4.74.